The van der Waals surface area contributed by atoms with Crippen molar-refractivity contribution < 1.29 is 0 Å². The van der Waals surface area contributed by atoms with Crippen molar-refractivity contribution in [2.24, 2.45) is 0 Å². The van der Waals surface area contributed by atoms with Crippen LogP contribution in [0.15, 0.2) is 79.0 Å². The Labute approximate surface area is 177 Å². The number of aryl methyl sites for hydroxylation is 1. The number of anilines is 2. The van der Waals surface area contributed by atoms with Gasteiger partial charge in [0, 0.05) is 11.8 Å². The number of para-hydroxylation sites is 1. The van der Waals surface area contributed by atoms with Gasteiger partial charge in [-0.2, -0.15) is 0 Å². The second-order valence-corrected chi connectivity index (χ2v) is 7.68. The van der Waals surface area contributed by atoms with Gasteiger partial charge in [0.05, 0.1) is 16.3 Å². The third-order valence-corrected chi connectivity index (χ3v) is 5.79. The Morgan fingerprint density at radius 1 is 0.767 bits per heavy atom. The molecule has 0 aliphatic rings. The Balaban J connectivity index is 1.60. The van der Waals surface area contributed by atoms with Crippen LogP contribution in [0.5, 0.6) is 0 Å². The molecule has 2 aromatic carbocycles. The van der Waals surface area contributed by atoms with Crippen molar-refractivity contribution >= 4 is 34.0 Å². The first-order valence-electron chi connectivity index (χ1n) is 9.51. The van der Waals surface area contributed by atoms with Gasteiger partial charge >= 0.3 is 0 Å². The maximum Gasteiger partial charge on any atom is 0.178 e. The largest absolute Gasteiger partial charge is 0.300 e. The van der Waals surface area contributed by atoms with E-state index < -0.39 is 0 Å². The van der Waals surface area contributed by atoms with Crippen LogP contribution in [-0.2, 0) is 0 Å². The lowest BCUT2D eigenvalue weighted by Crippen LogP contribution is -2.12. The van der Waals surface area contributed by atoms with Crippen LogP contribution in [0.2, 0.25) is 0 Å². The van der Waals surface area contributed by atoms with Gasteiger partial charge < -0.3 is 0 Å². The minimum atomic E-state index is 0.604. The number of pyridine rings is 1. The van der Waals surface area contributed by atoms with E-state index in [2.05, 4.69) is 28.0 Å². The number of aromatic nitrogens is 4. The molecule has 0 aliphatic carbocycles. The summed E-state index contributed by atoms with van der Waals surface area (Å²) in [6.45, 7) is 2.00. The lowest BCUT2D eigenvalue weighted by Gasteiger charge is -2.12. The Hall–Kier alpha value is -3.84. The number of thiazole rings is 1. The number of hydrogen-bond donors (Lipinski definition) is 2. The van der Waals surface area contributed by atoms with E-state index in [9.17, 15) is 0 Å². The fourth-order valence-corrected chi connectivity index (χ4v) is 4.18. The van der Waals surface area contributed by atoms with Gasteiger partial charge in [-0.25, -0.2) is 19.9 Å². The minimum absolute atomic E-state index is 0.604. The highest BCUT2D eigenvalue weighted by Crippen LogP contribution is 2.37. The molecule has 5 rings (SSSR count). The van der Waals surface area contributed by atoms with Gasteiger partial charge in [-0.3, -0.25) is 10.9 Å². The summed E-state index contributed by atoms with van der Waals surface area (Å²) >= 11 is 1.60. The SMILES string of the molecule is Cc1nc(-c2ccccc2)sc1-c1nc2ncccc2nc1NNc1ccccc1. The highest BCUT2D eigenvalue weighted by molar-refractivity contribution is 7.18. The monoisotopic (exact) mass is 410 g/mol. The van der Waals surface area contributed by atoms with Crippen LogP contribution in [0.1, 0.15) is 5.69 Å². The van der Waals surface area contributed by atoms with E-state index in [0.29, 0.717) is 11.5 Å². The highest BCUT2D eigenvalue weighted by Gasteiger charge is 2.18. The quantitative estimate of drug-likeness (QED) is 0.369. The van der Waals surface area contributed by atoms with E-state index in [4.69, 9.17) is 15.0 Å². The molecule has 3 heterocycles. The first-order valence-corrected chi connectivity index (χ1v) is 10.3. The van der Waals surface area contributed by atoms with Gasteiger partial charge in [-0.15, -0.1) is 11.3 Å². The zero-order chi connectivity index (χ0) is 20.3. The third-order valence-electron chi connectivity index (χ3n) is 4.57. The van der Waals surface area contributed by atoms with Gasteiger partial charge in [0.15, 0.2) is 11.5 Å². The fraction of sp³-hybridized carbons (Fsp3) is 0.0435. The number of hydrazine groups is 1. The number of benzene rings is 2. The molecule has 5 aromatic rings. The second-order valence-electron chi connectivity index (χ2n) is 6.68. The maximum absolute atomic E-state index is 4.82. The second kappa shape index (κ2) is 7.88. The maximum atomic E-state index is 4.82. The van der Waals surface area contributed by atoms with Crippen LogP contribution < -0.4 is 10.9 Å². The summed E-state index contributed by atoms with van der Waals surface area (Å²) in [5.74, 6) is 0.630. The van der Waals surface area contributed by atoms with Gasteiger partial charge in [-0.1, -0.05) is 48.5 Å². The molecule has 0 aliphatic heterocycles. The van der Waals surface area contributed by atoms with Gasteiger partial charge in [0.2, 0.25) is 0 Å². The molecule has 0 saturated heterocycles. The molecule has 6 nitrogen and oxygen atoms in total. The number of hydrogen-bond acceptors (Lipinski definition) is 7. The predicted molar refractivity (Wildman–Crippen MR) is 122 cm³/mol. The van der Waals surface area contributed by atoms with Crippen molar-refractivity contribution in [1.29, 1.82) is 0 Å². The third kappa shape index (κ3) is 3.58. The molecule has 0 unspecified atom stereocenters. The van der Waals surface area contributed by atoms with Crippen LogP contribution >= 0.6 is 11.3 Å². The number of rotatable bonds is 5. The molecule has 0 atom stereocenters. The van der Waals surface area contributed by atoms with E-state index in [1.165, 1.54) is 0 Å². The Morgan fingerprint density at radius 2 is 1.53 bits per heavy atom. The number of nitrogens with zero attached hydrogens (tertiary/aromatic N) is 4. The Bertz CT molecular complexity index is 1300. The topological polar surface area (TPSA) is 75.6 Å². The standard InChI is InChI=1S/C23H18N6S/c1-15-20(30-23(25-15)16-9-4-2-5-10-16)19-22(29-28-17-11-6-3-7-12-17)26-18-13-8-14-24-21(18)27-19/h2-14,28H,1H3,(H,26,29). The molecule has 7 heteroatoms. The molecule has 3 aromatic heterocycles. The average molecular weight is 411 g/mol. The summed E-state index contributed by atoms with van der Waals surface area (Å²) in [5, 5.41) is 0.952. The highest BCUT2D eigenvalue weighted by atomic mass is 32.1. The Morgan fingerprint density at radius 3 is 2.33 bits per heavy atom. The molecular formula is C23H18N6S. The van der Waals surface area contributed by atoms with Crippen molar-refractivity contribution in [3.63, 3.8) is 0 Å². The van der Waals surface area contributed by atoms with Crippen LogP contribution in [0.4, 0.5) is 11.5 Å². The van der Waals surface area contributed by atoms with Crippen LogP contribution in [0.25, 0.3) is 32.3 Å². The zero-order valence-corrected chi connectivity index (χ0v) is 17.0. The van der Waals surface area contributed by atoms with Gasteiger partial charge in [-0.05, 0) is 31.2 Å². The molecule has 0 amide bonds. The van der Waals surface area contributed by atoms with Crippen molar-refractivity contribution in [2.75, 3.05) is 10.9 Å². The van der Waals surface area contributed by atoms with E-state index in [0.717, 1.165) is 38.0 Å². The molecular weight excluding hydrogens is 392 g/mol. The van der Waals surface area contributed by atoms with Crippen molar-refractivity contribution in [1.82, 2.24) is 19.9 Å². The van der Waals surface area contributed by atoms with Crippen LogP contribution in [0.3, 0.4) is 0 Å². The van der Waals surface area contributed by atoms with E-state index >= 15 is 0 Å². The summed E-state index contributed by atoms with van der Waals surface area (Å²) in [7, 11) is 0. The molecule has 0 saturated carbocycles. The summed E-state index contributed by atoms with van der Waals surface area (Å²) in [6, 6.07) is 23.8. The van der Waals surface area contributed by atoms with Crippen LogP contribution in [0, 0.1) is 6.92 Å². The summed E-state index contributed by atoms with van der Waals surface area (Å²) in [6.07, 6.45) is 1.73. The molecule has 0 bridgehead atoms. The molecule has 0 spiro atoms. The molecule has 2 N–H and O–H groups in total. The zero-order valence-electron chi connectivity index (χ0n) is 16.2. The average Bonchev–Trinajstić information content (AvgIpc) is 3.20. The first-order chi connectivity index (χ1) is 14.8. The predicted octanol–water partition coefficient (Wildman–Crippen LogP) is 5.56. The van der Waals surface area contributed by atoms with Gasteiger partial charge in [0.1, 0.15) is 16.2 Å². The minimum Gasteiger partial charge on any atom is -0.300 e. The number of fused-ring (bicyclic) bond motifs is 1. The Kier molecular flexibility index (Phi) is 4.78. The van der Waals surface area contributed by atoms with E-state index in [1.54, 1.807) is 17.5 Å². The first kappa shape index (κ1) is 18.2. The molecule has 0 radical (unpaired) electrons. The molecule has 146 valence electrons. The fourth-order valence-electron chi connectivity index (χ4n) is 3.11. The smallest absolute Gasteiger partial charge is 0.178 e. The summed E-state index contributed by atoms with van der Waals surface area (Å²) in [4.78, 5) is 19.7. The lowest BCUT2D eigenvalue weighted by atomic mass is 10.2. The van der Waals surface area contributed by atoms with Crippen molar-refractivity contribution in [3.8, 4) is 21.1 Å². The van der Waals surface area contributed by atoms with Gasteiger partial charge in [0.25, 0.3) is 0 Å². The summed E-state index contributed by atoms with van der Waals surface area (Å²) in [5.41, 5.74) is 11.4. The van der Waals surface area contributed by atoms with E-state index in [1.807, 2.05) is 67.6 Å². The molecule has 30 heavy (non-hydrogen) atoms. The molecule has 0 fully saturated rings. The summed E-state index contributed by atoms with van der Waals surface area (Å²) < 4.78 is 0. The van der Waals surface area contributed by atoms with Crippen molar-refractivity contribution in [3.05, 3.63) is 84.7 Å². The normalized spacial score (nSPS) is 10.8. The lowest BCUT2D eigenvalue weighted by molar-refractivity contribution is 1.19. The van der Waals surface area contributed by atoms with E-state index in [-0.39, 0.29) is 0 Å². The van der Waals surface area contributed by atoms with Crippen molar-refractivity contribution in [2.45, 2.75) is 6.92 Å². The van der Waals surface area contributed by atoms with Crippen LogP contribution in [-0.4, -0.2) is 19.9 Å². The number of nitrogens with one attached hydrogen (secondary N) is 2.